The number of hydrogen-bond donors (Lipinski definition) is 1. The van der Waals surface area contributed by atoms with Crippen molar-refractivity contribution in [1.29, 1.82) is 0 Å². The molecule has 5 heteroatoms. The fourth-order valence-electron chi connectivity index (χ4n) is 1.64. The lowest BCUT2D eigenvalue weighted by Gasteiger charge is -2.14. The normalized spacial score (nSPS) is 14.3. The Morgan fingerprint density at radius 3 is 2.50 bits per heavy atom. The van der Waals surface area contributed by atoms with Gasteiger partial charge in [0.05, 0.1) is 12.2 Å². The van der Waals surface area contributed by atoms with Crippen LogP contribution in [0.3, 0.4) is 0 Å². The zero-order valence-corrected chi connectivity index (χ0v) is 12.9. The summed E-state index contributed by atoms with van der Waals surface area (Å²) in [6.07, 6.45) is 5.72. The summed E-state index contributed by atoms with van der Waals surface area (Å²) in [5, 5.41) is 11.4. The van der Waals surface area contributed by atoms with E-state index in [0.717, 1.165) is 17.1 Å². The van der Waals surface area contributed by atoms with Crippen LogP contribution < -0.4 is 5.32 Å². The zero-order chi connectivity index (χ0) is 15.1. The Morgan fingerprint density at radius 1 is 1.30 bits per heavy atom. The maximum atomic E-state index is 4.15. The number of aliphatic imine (C=N–C) groups is 1. The van der Waals surface area contributed by atoms with Gasteiger partial charge < -0.3 is 5.32 Å². The highest BCUT2D eigenvalue weighted by atomic mass is 15.2. The third kappa shape index (κ3) is 4.91. The first kappa shape index (κ1) is 16.0. The fourth-order valence-corrected chi connectivity index (χ4v) is 1.64. The highest BCUT2D eigenvalue weighted by Crippen LogP contribution is 2.12. The molecule has 20 heavy (non-hydrogen) atoms. The molecule has 1 aromatic heterocycles. The summed E-state index contributed by atoms with van der Waals surface area (Å²) in [7, 11) is 0. The van der Waals surface area contributed by atoms with Gasteiger partial charge in [-0.3, -0.25) is 4.99 Å². The van der Waals surface area contributed by atoms with Gasteiger partial charge in [-0.1, -0.05) is 13.8 Å². The van der Waals surface area contributed by atoms with Crippen molar-refractivity contribution in [2.75, 3.05) is 0 Å². The monoisotopic (exact) mass is 273 g/mol. The van der Waals surface area contributed by atoms with Crippen molar-refractivity contribution < 1.29 is 0 Å². The minimum absolute atomic E-state index is 0.0550. The smallest absolute Gasteiger partial charge is 0.147 e. The molecule has 0 saturated carbocycles. The van der Waals surface area contributed by atoms with Crippen LogP contribution in [0.1, 0.15) is 45.3 Å². The lowest BCUT2D eigenvalue weighted by Crippen LogP contribution is -2.18. The first-order valence-corrected chi connectivity index (χ1v) is 6.72. The number of aromatic nitrogens is 3. The molecule has 0 saturated heterocycles. The Balaban J connectivity index is 2.72. The highest BCUT2D eigenvalue weighted by molar-refractivity contribution is 5.31. The molecule has 1 atom stereocenters. The lowest BCUT2D eigenvalue weighted by atomic mass is 10.1. The minimum Gasteiger partial charge on any atom is -0.380 e. The topological polar surface area (TPSA) is 63.1 Å². The van der Waals surface area contributed by atoms with Gasteiger partial charge in [-0.2, -0.15) is 0 Å². The molecule has 1 rings (SSSR count). The van der Waals surface area contributed by atoms with Gasteiger partial charge in [0.15, 0.2) is 0 Å². The van der Waals surface area contributed by atoms with Crippen molar-refractivity contribution in [3.63, 3.8) is 0 Å². The van der Waals surface area contributed by atoms with Crippen LogP contribution >= 0.6 is 0 Å². The van der Waals surface area contributed by atoms with E-state index >= 15 is 0 Å². The summed E-state index contributed by atoms with van der Waals surface area (Å²) in [6.45, 7) is 13.6. The fraction of sp³-hybridized carbons (Fsp3) is 0.467. The van der Waals surface area contributed by atoms with Gasteiger partial charge in [0, 0.05) is 11.4 Å². The first-order valence-electron chi connectivity index (χ1n) is 6.72. The van der Waals surface area contributed by atoms with E-state index in [9.17, 15) is 0 Å². The number of nitrogens with one attached hydrogen (secondary N) is 1. The van der Waals surface area contributed by atoms with Crippen molar-refractivity contribution >= 4 is 6.72 Å². The van der Waals surface area contributed by atoms with E-state index in [2.05, 4.69) is 46.1 Å². The van der Waals surface area contributed by atoms with Crippen molar-refractivity contribution in [3.05, 3.63) is 41.3 Å². The van der Waals surface area contributed by atoms with E-state index in [0.29, 0.717) is 11.7 Å². The zero-order valence-electron chi connectivity index (χ0n) is 12.9. The maximum absolute atomic E-state index is 4.15. The first-order chi connectivity index (χ1) is 9.43. The summed E-state index contributed by atoms with van der Waals surface area (Å²) in [4.78, 5) is 8.16. The van der Waals surface area contributed by atoms with E-state index in [1.54, 1.807) is 6.20 Å². The molecular formula is C15H23N5. The Kier molecular flexibility index (Phi) is 6.03. The molecule has 0 bridgehead atoms. The summed E-state index contributed by atoms with van der Waals surface area (Å²) < 4.78 is 0. The van der Waals surface area contributed by atoms with E-state index in [1.807, 2.05) is 32.9 Å². The van der Waals surface area contributed by atoms with Crippen molar-refractivity contribution in [2.45, 2.75) is 40.7 Å². The predicted octanol–water partition coefficient (Wildman–Crippen LogP) is 2.97. The van der Waals surface area contributed by atoms with Crippen LogP contribution in [-0.2, 0) is 0 Å². The molecule has 0 aliphatic heterocycles. The van der Waals surface area contributed by atoms with E-state index < -0.39 is 0 Å². The SMILES string of the molecule is C=N/C(=C\C=C(/C)NC(C)c1cnc(C)nn1)C(C)C. The second kappa shape index (κ2) is 7.53. The van der Waals surface area contributed by atoms with Crippen LogP contribution in [0.25, 0.3) is 0 Å². The predicted molar refractivity (Wildman–Crippen MR) is 82.3 cm³/mol. The molecule has 0 aliphatic rings. The molecule has 0 aliphatic carbocycles. The van der Waals surface area contributed by atoms with Crippen LogP contribution in [0.5, 0.6) is 0 Å². The number of rotatable bonds is 6. The molecule has 0 amide bonds. The highest BCUT2D eigenvalue weighted by Gasteiger charge is 2.07. The Morgan fingerprint density at radius 2 is 2.00 bits per heavy atom. The Hall–Kier alpha value is -2.04. The van der Waals surface area contributed by atoms with Gasteiger partial charge >= 0.3 is 0 Å². The van der Waals surface area contributed by atoms with Crippen LogP contribution in [0.2, 0.25) is 0 Å². The average Bonchev–Trinajstić information content (AvgIpc) is 2.39. The van der Waals surface area contributed by atoms with E-state index in [1.165, 1.54) is 0 Å². The van der Waals surface area contributed by atoms with E-state index in [-0.39, 0.29) is 6.04 Å². The molecule has 0 aromatic carbocycles. The molecular weight excluding hydrogens is 250 g/mol. The molecule has 1 N–H and O–H groups in total. The minimum atomic E-state index is 0.0550. The van der Waals surface area contributed by atoms with Gasteiger partial charge in [-0.15, -0.1) is 10.2 Å². The van der Waals surface area contributed by atoms with Crippen molar-refractivity contribution in [2.24, 2.45) is 10.9 Å². The number of hydrogen-bond acceptors (Lipinski definition) is 5. The average molecular weight is 273 g/mol. The number of aryl methyl sites for hydroxylation is 1. The Bertz CT molecular complexity index is 500. The third-order valence-corrected chi connectivity index (χ3v) is 2.86. The van der Waals surface area contributed by atoms with Gasteiger partial charge in [-0.05, 0) is 45.6 Å². The quantitative estimate of drug-likeness (QED) is 0.639. The second-order valence-corrected chi connectivity index (χ2v) is 5.05. The molecule has 108 valence electrons. The number of nitrogens with zero attached hydrogens (tertiary/aromatic N) is 4. The standard InChI is InChI=1S/C15H23N5/c1-10(2)14(16-6)8-7-11(3)18-12(4)15-9-17-13(5)19-20-15/h7-10,12,18H,6H2,1-5H3/b11-7+,14-8-. The maximum Gasteiger partial charge on any atom is 0.147 e. The summed E-state index contributed by atoms with van der Waals surface area (Å²) in [6, 6.07) is 0.0550. The molecule has 0 spiro atoms. The van der Waals surface area contributed by atoms with Gasteiger partial charge in [0.2, 0.25) is 0 Å². The Labute approximate surface area is 121 Å². The molecule has 5 nitrogen and oxygen atoms in total. The molecule has 1 unspecified atom stereocenters. The summed E-state index contributed by atoms with van der Waals surface area (Å²) in [5.41, 5.74) is 2.82. The van der Waals surface area contributed by atoms with Crippen LogP contribution in [0.15, 0.2) is 34.7 Å². The van der Waals surface area contributed by atoms with Gasteiger partial charge in [0.25, 0.3) is 0 Å². The molecule has 1 heterocycles. The van der Waals surface area contributed by atoms with Gasteiger partial charge in [0.1, 0.15) is 11.5 Å². The largest absolute Gasteiger partial charge is 0.380 e. The van der Waals surface area contributed by atoms with Gasteiger partial charge in [-0.25, -0.2) is 4.98 Å². The second-order valence-electron chi connectivity index (χ2n) is 5.05. The van der Waals surface area contributed by atoms with E-state index in [4.69, 9.17) is 0 Å². The van der Waals surface area contributed by atoms with Crippen LogP contribution in [0, 0.1) is 12.8 Å². The van der Waals surface area contributed by atoms with Crippen LogP contribution in [-0.4, -0.2) is 21.9 Å². The molecule has 0 radical (unpaired) electrons. The van der Waals surface area contributed by atoms with Crippen molar-refractivity contribution in [1.82, 2.24) is 20.5 Å². The van der Waals surface area contributed by atoms with Crippen LogP contribution in [0.4, 0.5) is 0 Å². The lowest BCUT2D eigenvalue weighted by molar-refractivity contribution is 0.614. The molecule has 1 aromatic rings. The number of allylic oxidation sites excluding steroid dienone is 4. The third-order valence-electron chi connectivity index (χ3n) is 2.86. The molecule has 0 fully saturated rings. The van der Waals surface area contributed by atoms with Crippen molar-refractivity contribution in [3.8, 4) is 0 Å². The summed E-state index contributed by atoms with van der Waals surface area (Å²) >= 11 is 0. The summed E-state index contributed by atoms with van der Waals surface area (Å²) in [5.74, 6) is 1.04.